The Hall–Kier alpha value is -0.200. The number of hydrogen-bond acceptors (Lipinski definition) is 3. The molecular formula is C11H22N2O2S2. The van der Waals surface area contributed by atoms with Gasteiger partial charge in [-0.15, -0.1) is 0 Å². The molecule has 1 aliphatic rings. The molecule has 0 radical (unpaired) electrons. The van der Waals surface area contributed by atoms with Gasteiger partial charge in [0.05, 0.1) is 4.99 Å². The zero-order valence-electron chi connectivity index (χ0n) is 10.8. The van der Waals surface area contributed by atoms with Crippen LogP contribution in [0.1, 0.15) is 40.0 Å². The van der Waals surface area contributed by atoms with Crippen LogP contribution in [0.4, 0.5) is 0 Å². The monoisotopic (exact) mass is 278 g/mol. The minimum atomic E-state index is -3.37. The topological polar surface area (TPSA) is 63.4 Å². The van der Waals surface area contributed by atoms with Gasteiger partial charge in [0.2, 0.25) is 10.0 Å². The molecule has 1 rings (SSSR count). The summed E-state index contributed by atoms with van der Waals surface area (Å²) in [6.07, 6.45) is 2.84. The van der Waals surface area contributed by atoms with Gasteiger partial charge in [0.25, 0.3) is 0 Å². The number of hydrogen-bond donors (Lipinski definition) is 1. The van der Waals surface area contributed by atoms with E-state index in [9.17, 15) is 8.42 Å². The van der Waals surface area contributed by atoms with Crippen LogP contribution >= 0.6 is 12.2 Å². The Morgan fingerprint density at radius 1 is 1.35 bits per heavy atom. The zero-order valence-corrected chi connectivity index (χ0v) is 12.4. The molecule has 0 amide bonds. The van der Waals surface area contributed by atoms with E-state index >= 15 is 0 Å². The Morgan fingerprint density at radius 2 is 1.94 bits per heavy atom. The Balaban J connectivity index is 2.83. The van der Waals surface area contributed by atoms with Gasteiger partial charge in [0.1, 0.15) is 5.25 Å². The molecule has 1 unspecified atom stereocenters. The standard InChI is InChI=1S/C11H22N2O2S2/c1-9(10(12)16)17(14,15)13-7-4-5-11(2,3)6-8-13/h9H,4-8H2,1-3H3,(H2,12,16). The summed E-state index contributed by atoms with van der Waals surface area (Å²) in [6, 6.07) is 0. The second-order valence-corrected chi connectivity index (χ2v) is 8.23. The van der Waals surface area contributed by atoms with E-state index in [0.29, 0.717) is 13.1 Å². The molecule has 6 heteroatoms. The number of thiocarbonyl (C=S) groups is 1. The summed E-state index contributed by atoms with van der Waals surface area (Å²) in [5.74, 6) is 0. The van der Waals surface area contributed by atoms with Crippen LogP contribution in [0.25, 0.3) is 0 Å². The van der Waals surface area contributed by atoms with Gasteiger partial charge in [0, 0.05) is 13.1 Å². The summed E-state index contributed by atoms with van der Waals surface area (Å²) >= 11 is 4.79. The lowest BCUT2D eigenvalue weighted by molar-refractivity contribution is 0.314. The first-order valence-corrected chi connectivity index (χ1v) is 7.86. The third-order valence-corrected chi connectivity index (χ3v) is 6.24. The third kappa shape index (κ3) is 3.63. The van der Waals surface area contributed by atoms with E-state index in [1.54, 1.807) is 11.2 Å². The van der Waals surface area contributed by atoms with Crippen molar-refractivity contribution in [2.24, 2.45) is 11.1 Å². The first-order chi connectivity index (χ1) is 7.67. The normalized spacial score (nSPS) is 23.9. The van der Waals surface area contributed by atoms with E-state index in [2.05, 4.69) is 13.8 Å². The van der Waals surface area contributed by atoms with E-state index in [4.69, 9.17) is 18.0 Å². The fourth-order valence-corrected chi connectivity index (χ4v) is 3.86. The molecule has 1 saturated heterocycles. The minimum Gasteiger partial charge on any atom is -0.392 e. The van der Waals surface area contributed by atoms with Crippen molar-refractivity contribution in [1.82, 2.24) is 4.31 Å². The second-order valence-electron chi connectivity index (χ2n) is 5.51. The maximum Gasteiger partial charge on any atom is 0.223 e. The van der Waals surface area contributed by atoms with Crippen LogP contribution in [0.15, 0.2) is 0 Å². The lowest BCUT2D eigenvalue weighted by Crippen LogP contribution is -2.43. The average molecular weight is 278 g/mol. The van der Waals surface area contributed by atoms with Crippen molar-refractivity contribution in [3.8, 4) is 0 Å². The number of nitrogens with zero attached hydrogens (tertiary/aromatic N) is 1. The predicted octanol–water partition coefficient (Wildman–Crippen LogP) is 1.50. The van der Waals surface area contributed by atoms with Crippen molar-refractivity contribution < 1.29 is 8.42 Å². The summed E-state index contributed by atoms with van der Waals surface area (Å²) in [4.78, 5) is 0.0495. The summed E-state index contributed by atoms with van der Waals surface area (Å²) in [7, 11) is -3.37. The molecule has 0 aromatic rings. The molecule has 0 spiro atoms. The Bertz CT molecular complexity index is 390. The van der Waals surface area contributed by atoms with E-state index in [1.807, 2.05) is 0 Å². The number of sulfonamides is 1. The third-order valence-electron chi connectivity index (χ3n) is 3.51. The molecule has 4 nitrogen and oxygen atoms in total. The quantitative estimate of drug-likeness (QED) is 0.795. The molecule has 0 aromatic carbocycles. The highest BCUT2D eigenvalue weighted by Crippen LogP contribution is 2.31. The molecule has 100 valence electrons. The maximum absolute atomic E-state index is 12.2. The fraction of sp³-hybridized carbons (Fsp3) is 0.909. The molecule has 1 aliphatic heterocycles. The van der Waals surface area contributed by atoms with Crippen LogP contribution in [-0.2, 0) is 10.0 Å². The van der Waals surface area contributed by atoms with Crippen LogP contribution < -0.4 is 5.73 Å². The van der Waals surface area contributed by atoms with Gasteiger partial charge in [-0.2, -0.15) is 0 Å². The summed E-state index contributed by atoms with van der Waals surface area (Å²) in [5, 5.41) is -0.765. The van der Waals surface area contributed by atoms with Crippen molar-refractivity contribution in [2.45, 2.75) is 45.3 Å². The van der Waals surface area contributed by atoms with Crippen molar-refractivity contribution in [1.29, 1.82) is 0 Å². The van der Waals surface area contributed by atoms with Crippen LogP contribution in [0.5, 0.6) is 0 Å². The van der Waals surface area contributed by atoms with Crippen LogP contribution in [0.2, 0.25) is 0 Å². The van der Waals surface area contributed by atoms with Gasteiger partial charge in [-0.3, -0.25) is 0 Å². The van der Waals surface area contributed by atoms with Gasteiger partial charge < -0.3 is 5.73 Å². The lowest BCUT2D eigenvalue weighted by atomic mass is 9.85. The van der Waals surface area contributed by atoms with Crippen LogP contribution in [-0.4, -0.2) is 36.1 Å². The van der Waals surface area contributed by atoms with E-state index in [1.165, 1.54) is 0 Å². The average Bonchev–Trinajstić information content (AvgIpc) is 2.38. The highest BCUT2D eigenvalue weighted by molar-refractivity contribution is 7.92. The highest BCUT2D eigenvalue weighted by Gasteiger charge is 2.33. The van der Waals surface area contributed by atoms with Gasteiger partial charge >= 0.3 is 0 Å². The molecule has 0 aromatic heterocycles. The number of rotatable bonds is 3. The Morgan fingerprint density at radius 3 is 2.47 bits per heavy atom. The van der Waals surface area contributed by atoms with E-state index < -0.39 is 15.3 Å². The molecule has 1 atom stereocenters. The predicted molar refractivity (Wildman–Crippen MR) is 74.4 cm³/mol. The summed E-state index contributed by atoms with van der Waals surface area (Å²) in [5.41, 5.74) is 5.67. The Labute approximate surface area is 110 Å². The first kappa shape index (κ1) is 14.9. The highest BCUT2D eigenvalue weighted by atomic mass is 32.2. The number of nitrogens with two attached hydrogens (primary N) is 1. The first-order valence-electron chi connectivity index (χ1n) is 5.95. The van der Waals surface area contributed by atoms with Crippen LogP contribution in [0, 0.1) is 5.41 Å². The lowest BCUT2D eigenvalue weighted by Gasteiger charge is -2.25. The van der Waals surface area contributed by atoms with Gasteiger partial charge in [-0.25, -0.2) is 12.7 Å². The van der Waals surface area contributed by atoms with Gasteiger partial charge in [0.15, 0.2) is 0 Å². The summed E-state index contributed by atoms with van der Waals surface area (Å²) < 4.78 is 26.0. The molecule has 0 saturated carbocycles. The molecule has 1 fully saturated rings. The molecule has 0 aliphatic carbocycles. The zero-order chi connectivity index (χ0) is 13.3. The second kappa shape index (κ2) is 5.20. The fourth-order valence-electron chi connectivity index (χ4n) is 2.02. The summed E-state index contributed by atoms with van der Waals surface area (Å²) in [6.45, 7) is 7.08. The van der Waals surface area contributed by atoms with Crippen molar-refractivity contribution >= 4 is 27.2 Å². The molecule has 2 N–H and O–H groups in total. The smallest absolute Gasteiger partial charge is 0.223 e. The Kier molecular flexibility index (Phi) is 4.54. The SMILES string of the molecule is CC(C(N)=S)S(=O)(=O)N1CCCC(C)(C)CC1. The van der Waals surface area contributed by atoms with Crippen molar-refractivity contribution in [3.05, 3.63) is 0 Å². The largest absolute Gasteiger partial charge is 0.392 e. The molecular weight excluding hydrogens is 256 g/mol. The van der Waals surface area contributed by atoms with Crippen molar-refractivity contribution in [3.63, 3.8) is 0 Å². The maximum atomic E-state index is 12.2. The minimum absolute atomic E-state index is 0.0495. The van der Waals surface area contributed by atoms with E-state index in [0.717, 1.165) is 19.3 Å². The van der Waals surface area contributed by atoms with Crippen molar-refractivity contribution in [2.75, 3.05) is 13.1 Å². The molecule has 17 heavy (non-hydrogen) atoms. The molecule has 1 heterocycles. The molecule has 0 bridgehead atoms. The van der Waals surface area contributed by atoms with E-state index in [-0.39, 0.29) is 10.4 Å². The van der Waals surface area contributed by atoms with Crippen LogP contribution in [0.3, 0.4) is 0 Å². The van der Waals surface area contributed by atoms with Gasteiger partial charge in [-0.05, 0) is 31.6 Å². The van der Waals surface area contributed by atoms with Gasteiger partial charge in [-0.1, -0.05) is 26.1 Å².